The van der Waals surface area contributed by atoms with Gasteiger partial charge in [0, 0.05) is 17.1 Å². The van der Waals surface area contributed by atoms with Crippen molar-refractivity contribution in [2.45, 2.75) is 26.3 Å². The molecule has 0 spiro atoms. The van der Waals surface area contributed by atoms with E-state index in [9.17, 15) is 9.59 Å². The van der Waals surface area contributed by atoms with E-state index in [-0.39, 0.29) is 12.3 Å². The second-order valence-electron chi connectivity index (χ2n) is 4.62. The van der Waals surface area contributed by atoms with Crippen LogP contribution >= 0.6 is 0 Å². The zero-order valence-corrected chi connectivity index (χ0v) is 10.9. The lowest BCUT2D eigenvalue weighted by Gasteiger charge is -2.09. The van der Waals surface area contributed by atoms with E-state index in [1.165, 1.54) is 6.92 Å². The summed E-state index contributed by atoms with van der Waals surface area (Å²) in [6.45, 7) is 3.43. The summed E-state index contributed by atoms with van der Waals surface area (Å²) < 4.78 is 0. The maximum Gasteiger partial charge on any atom is 0.325 e. The molecule has 0 radical (unpaired) electrons. The molecule has 2 rings (SSSR count). The van der Waals surface area contributed by atoms with E-state index in [1.807, 2.05) is 25.1 Å². The molecule has 2 aromatic rings. The monoisotopic (exact) mass is 260 g/mol. The first-order valence-electron chi connectivity index (χ1n) is 6.07. The predicted molar refractivity (Wildman–Crippen MR) is 72.0 cm³/mol. The Hall–Kier alpha value is -2.30. The SMILES string of the molecule is Cc1cccc2[nH]cc(CC(=O)N[C@@H](C)C(=O)O)c12. The Morgan fingerprint density at radius 2 is 2.16 bits per heavy atom. The van der Waals surface area contributed by atoms with Crippen LogP contribution in [0.15, 0.2) is 24.4 Å². The topological polar surface area (TPSA) is 82.2 Å². The fourth-order valence-electron chi connectivity index (χ4n) is 2.12. The molecule has 0 aliphatic rings. The van der Waals surface area contributed by atoms with Crippen LogP contribution in [0.25, 0.3) is 10.9 Å². The zero-order chi connectivity index (χ0) is 14.0. The third kappa shape index (κ3) is 2.76. The minimum Gasteiger partial charge on any atom is -0.480 e. The van der Waals surface area contributed by atoms with Gasteiger partial charge in [-0.15, -0.1) is 0 Å². The lowest BCUT2D eigenvalue weighted by Crippen LogP contribution is -2.39. The molecule has 0 aliphatic carbocycles. The van der Waals surface area contributed by atoms with Gasteiger partial charge in [-0.1, -0.05) is 12.1 Å². The van der Waals surface area contributed by atoms with Crippen molar-refractivity contribution in [1.82, 2.24) is 10.3 Å². The third-order valence-corrected chi connectivity index (χ3v) is 3.09. The quantitative estimate of drug-likeness (QED) is 0.781. The molecule has 0 unspecified atom stereocenters. The van der Waals surface area contributed by atoms with Crippen molar-refractivity contribution >= 4 is 22.8 Å². The molecule has 1 aromatic carbocycles. The molecule has 3 N–H and O–H groups in total. The Labute approximate surface area is 110 Å². The van der Waals surface area contributed by atoms with E-state index in [4.69, 9.17) is 5.11 Å². The lowest BCUT2D eigenvalue weighted by molar-refractivity contribution is -0.141. The molecule has 0 bridgehead atoms. The highest BCUT2D eigenvalue weighted by Crippen LogP contribution is 2.22. The second-order valence-corrected chi connectivity index (χ2v) is 4.62. The largest absolute Gasteiger partial charge is 0.480 e. The highest BCUT2D eigenvalue weighted by Gasteiger charge is 2.16. The summed E-state index contributed by atoms with van der Waals surface area (Å²) >= 11 is 0. The number of aliphatic carboxylic acids is 1. The number of aryl methyl sites for hydroxylation is 1. The average Bonchev–Trinajstić information content (AvgIpc) is 2.73. The van der Waals surface area contributed by atoms with Crippen LogP contribution in [0.5, 0.6) is 0 Å². The number of H-pyrrole nitrogens is 1. The Kier molecular flexibility index (Phi) is 3.55. The van der Waals surface area contributed by atoms with Gasteiger partial charge < -0.3 is 15.4 Å². The van der Waals surface area contributed by atoms with Gasteiger partial charge in [0.15, 0.2) is 0 Å². The van der Waals surface area contributed by atoms with Gasteiger partial charge in [-0.25, -0.2) is 0 Å². The van der Waals surface area contributed by atoms with E-state index in [0.29, 0.717) is 0 Å². The van der Waals surface area contributed by atoms with Crippen molar-refractivity contribution in [2.24, 2.45) is 0 Å². The zero-order valence-electron chi connectivity index (χ0n) is 10.9. The molecule has 0 saturated heterocycles. The molecule has 100 valence electrons. The molecular formula is C14H16N2O3. The Bertz CT molecular complexity index is 631. The standard InChI is InChI=1S/C14H16N2O3/c1-8-4-3-5-11-13(8)10(7-15-11)6-12(17)16-9(2)14(18)19/h3-5,7,9,15H,6H2,1-2H3,(H,16,17)(H,18,19)/t9-/m0/s1. The van der Waals surface area contributed by atoms with Gasteiger partial charge in [0.05, 0.1) is 6.42 Å². The van der Waals surface area contributed by atoms with Gasteiger partial charge in [0.1, 0.15) is 6.04 Å². The molecule has 1 heterocycles. The highest BCUT2D eigenvalue weighted by molar-refractivity contribution is 5.92. The first-order chi connectivity index (χ1) is 8.99. The van der Waals surface area contributed by atoms with Crippen LogP contribution in [-0.2, 0) is 16.0 Å². The molecule has 0 fully saturated rings. The normalized spacial score (nSPS) is 12.3. The van der Waals surface area contributed by atoms with Gasteiger partial charge in [-0.2, -0.15) is 0 Å². The molecule has 5 nitrogen and oxygen atoms in total. The van der Waals surface area contributed by atoms with E-state index < -0.39 is 12.0 Å². The van der Waals surface area contributed by atoms with Gasteiger partial charge in [0.25, 0.3) is 0 Å². The number of fused-ring (bicyclic) bond motifs is 1. The van der Waals surface area contributed by atoms with E-state index >= 15 is 0 Å². The fourth-order valence-corrected chi connectivity index (χ4v) is 2.12. The van der Waals surface area contributed by atoms with Crippen LogP contribution < -0.4 is 5.32 Å². The molecule has 0 aliphatic heterocycles. The number of carboxylic acids is 1. The lowest BCUT2D eigenvalue weighted by atomic mass is 10.1. The van der Waals surface area contributed by atoms with Gasteiger partial charge >= 0.3 is 5.97 Å². The Balaban J connectivity index is 2.18. The number of hydrogen-bond acceptors (Lipinski definition) is 2. The Morgan fingerprint density at radius 3 is 2.84 bits per heavy atom. The predicted octanol–water partition coefficient (Wildman–Crippen LogP) is 1.61. The van der Waals surface area contributed by atoms with Gasteiger partial charge in [0.2, 0.25) is 5.91 Å². The summed E-state index contributed by atoms with van der Waals surface area (Å²) in [6, 6.07) is 5.00. The number of carbonyl (C=O) groups is 2. The van der Waals surface area contributed by atoms with Crippen molar-refractivity contribution in [3.8, 4) is 0 Å². The molecule has 0 saturated carbocycles. The maximum absolute atomic E-state index is 11.8. The van der Waals surface area contributed by atoms with Crippen molar-refractivity contribution in [1.29, 1.82) is 0 Å². The van der Waals surface area contributed by atoms with Crippen molar-refractivity contribution < 1.29 is 14.7 Å². The molecule has 5 heteroatoms. The van der Waals surface area contributed by atoms with Crippen LogP contribution in [0.3, 0.4) is 0 Å². The first-order valence-corrected chi connectivity index (χ1v) is 6.07. The molecule has 1 amide bonds. The third-order valence-electron chi connectivity index (χ3n) is 3.09. The summed E-state index contributed by atoms with van der Waals surface area (Å²) in [5, 5.41) is 12.2. The van der Waals surface area contributed by atoms with Crippen LogP contribution in [0.2, 0.25) is 0 Å². The van der Waals surface area contributed by atoms with Crippen LogP contribution in [0, 0.1) is 6.92 Å². The van der Waals surface area contributed by atoms with Crippen LogP contribution in [0.4, 0.5) is 0 Å². The van der Waals surface area contributed by atoms with E-state index in [0.717, 1.165) is 22.0 Å². The number of carbonyl (C=O) groups excluding carboxylic acids is 1. The molecule has 1 atom stereocenters. The highest BCUT2D eigenvalue weighted by atomic mass is 16.4. The summed E-state index contributed by atoms with van der Waals surface area (Å²) in [7, 11) is 0. The van der Waals surface area contributed by atoms with Crippen molar-refractivity contribution in [2.75, 3.05) is 0 Å². The molecule has 19 heavy (non-hydrogen) atoms. The molecule has 1 aromatic heterocycles. The second kappa shape index (κ2) is 5.14. The Morgan fingerprint density at radius 1 is 1.42 bits per heavy atom. The summed E-state index contributed by atoms with van der Waals surface area (Å²) in [6.07, 6.45) is 1.96. The number of aromatic amines is 1. The summed E-state index contributed by atoms with van der Waals surface area (Å²) in [5.74, 6) is -1.33. The number of hydrogen-bond donors (Lipinski definition) is 3. The minimum atomic E-state index is -1.04. The van der Waals surface area contributed by atoms with Crippen molar-refractivity contribution in [3.05, 3.63) is 35.5 Å². The smallest absolute Gasteiger partial charge is 0.325 e. The number of aromatic nitrogens is 1. The van der Waals surface area contributed by atoms with Gasteiger partial charge in [-0.05, 0) is 31.0 Å². The van der Waals surface area contributed by atoms with Crippen molar-refractivity contribution in [3.63, 3.8) is 0 Å². The van der Waals surface area contributed by atoms with E-state index in [2.05, 4.69) is 10.3 Å². The number of carboxylic acid groups (broad SMARTS) is 1. The first kappa shape index (κ1) is 13.1. The fraction of sp³-hybridized carbons (Fsp3) is 0.286. The number of amides is 1. The summed E-state index contributed by atoms with van der Waals surface area (Å²) in [5.41, 5.74) is 2.95. The molecular weight excluding hydrogens is 244 g/mol. The maximum atomic E-state index is 11.8. The van der Waals surface area contributed by atoms with E-state index in [1.54, 1.807) is 6.20 Å². The van der Waals surface area contributed by atoms with Crippen LogP contribution in [0.1, 0.15) is 18.1 Å². The van der Waals surface area contributed by atoms with Gasteiger partial charge in [-0.3, -0.25) is 9.59 Å². The summed E-state index contributed by atoms with van der Waals surface area (Å²) in [4.78, 5) is 25.6. The number of nitrogens with one attached hydrogen (secondary N) is 2. The number of rotatable bonds is 4. The van der Waals surface area contributed by atoms with Crippen LogP contribution in [-0.4, -0.2) is 28.0 Å². The average molecular weight is 260 g/mol. The minimum absolute atomic E-state index is 0.169. The number of benzene rings is 1.